The van der Waals surface area contributed by atoms with Crippen LogP contribution in [0.5, 0.6) is 0 Å². The number of hydrogen-bond donors (Lipinski definition) is 1. The fraction of sp³-hybridized carbons (Fsp3) is 0.938. The molecule has 2 fully saturated rings. The van der Waals surface area contributed by atoms with Gasteiger partial charge >= 0.3 is 6.09 Å². The van der Waals surface area contributed by atoms with Crippen LogP contribution in [0.25, 0.3) is 0 Å². The molecule has 2 saturated heterocycles. The molecule has 2 atom stereocenters. The van der Waals surface area contributed by atoms with Gasteiger partial charge in [-0.1, -0.05) is 0 Å². The smallest absolute Gasteiger partial charge is 0.410 e. The molecule has 2 heterocycles. The molecule has 0 aromatic heterocycles. The molecule has 1 amide bonds. The molecule has 0 aliphatic carbocycles. The Morgan fingerprint density at radius 2 is 2.10 bits per heavy atom. The first-order chi connectivity index (χ1) is 9.94. The summed E-state index contributed by atoms with van der Waals surface area (Å²) in [5, 5.41) is 3.65. The second kappa shape index (κ2) is 7.45. The Hall–Kier alpha value is -0.810. The number of ether oxygens (including phenoxy) is 2. The average Bonchev–Trinajstić information content (AvgIpc) is 2.78. The topological polar surface area (TPSA) is 50.8 Å². The maximum absolute atomic E-state index is 12.1. The van der Waals surface area contributed by atoms with Crippen LogP contribution in [-0.2, 0) is 9.47 Å². The first kappa shape index (κ1) is 16.6. The van der Waals surface area contributed by atoms with Crippen LogP contribution in [0.4, 0.5) is 4.79 Å². The van der Waals surface area contributed by atoms with Crippen molar-refractivity contribution in [3.8, 4) is 0 Å². The van der Waals surface area contributed by atoms with Gasteiger partial charge in [0.05, 0.1) is 6.61 Å². The number of nitrogens with zero attached hydrogens (tertiary/aromatic N) is 1. The molecule has 5 heteroatoms. The number of nitrogens with one attached hydrogen (secondary N) is 1. The average molecular weight is 298 g/mol. The van der Waals surface area contributed by atoms with Crippen LogP contribution in [0.1, 0.15) is 46.5 Å². The Balaban J connectivity index is 1.72. The summed E-state index contributed by atoms with van der Waals surface area (Å²) in [6, 6.07) is 0.512. The molecule has 2 rings (SSSR count). The molecule has 122 valence electrons. The van der Waals surface area contributed by atoms with E-state index >= 15 is 0 Å². The van der Waals surface area contributed by atoms with E-state index in [2.05, 4.69) is 5.32 Å². The van der Waals surface area contributed by atoms with Crippen LogP contribution < -0.4 is 5.32 Å². The summed E-state index contributed by atoms with van der Waals surface area (Å²) in [6.45, 7) is 10.2. The van der Waals surface area contributed by atoms with Crippen molar-refractivity contribution in [1.82, 2.24) is 10.2 Å². The van der Waals surface area contributed by atoms with Gasteiger partial charge in [0, 0.05) is 32.3 Å². The third-order valence-electron chi connectivity index (χ3n) is 4.10. The van der Waals surface area contributed by atoms with Crippen LogP contribution in [0.3, 0.4) is 0 Å². The minimum absolute atomic E-state index is 0.174. The SMILES string of the molecule is CC(C)(C)OC(=O)N1CCCC(NCC2CCOC2)CC1. The maximum atomic E-state index is 12.1. The molecule has 21 heavy (non-hydrogen) atoms. The number of carbonyl (C=O) groups excluding carboxylic acids is 1. The molecule has 1 N–H and O–H groups in total. The monoisotopic (exact) mass is 298 g/mol. The lowest BCUT2D eigenvalue weighted by Crippen LogP contribution is -2.38. The third kappa shape index (κ3) is 5.83. The van der Waals surface area contributed by atoms with E-state index < -0.39 is 5.60 Å². The number of rotatable bonds is 3. The van der Waals surface area contributed by atoms with E-state index in [1.807, 2.05) is 25.7 Å². The Kier molecular flexibility index (Phi) is 5.88. The Bertz CT molecular complexity index is 335. The predicted molar refractivity (Wildman–Crippen MR) is 82.4 cm³/mol. The second-order valence-corrected chi connectivity index (χ2v) is 7.23. The molecule has 0 bridgehead atoms. The van der Waals surface area contributed by atoms with E-state index in [1.54, 1.807) is 0 Å². The normalized spacial score (nSPS) is 27.5. The van der Waals surface area contributed by atoms with Crippen molar-refractivity contribution in [3.63, 3.8) is 0 Å². The van der Waals surface area contributed by atoms with Crippen molar-refractivity contribution < 1.29 is 14.3 Å². The summed E-state index contributed by atoms with van der Waals surface area (Å²) in [4.78, 5) is 14.0. The van der Waals surface area contributed by atoms with E-state index in [9.17, 15) is 4.79 Å². The quantitative estimate of drug-likeness (QED) is 0.869. The van der Waals surface area contributed by atoms with E-state index in [1.165, 1.54) is 6.42 Å². The zero-order chi connectivity index (χ0) is 15.3. The molecular formula is C16H30N2O3. The number of carbonyl (C=O) groups is 1. The summed E-state index contributed by atoms with van der Waals surface area (Å²) in [6.07, 6.45) is 4.17. The summed E-state index contributed by atoms with van der Waals surface area (Å²) in [5.74, 6) is 0.662. The molecule has 2 aliphatic rings. The predicted octanol–water partition coefficient (Wildman–Crippen LogP) is 2.40. The van der Waals surface area contributed by atoms with Gasteiger partial charge in [-0.15, -0.1) is 0 Å². The van der Waals surface area contributed by atoms with Gasteiger partial charge in [0.15, 0.2) is 0 Å². The molecule has 0 aromatic carbocycles. The van der Waals surface area contributed by atoms with Crippen molar-refractivity contribution in [1.29, 1.82) is 0 Å². The van der Waals surface area contributed by atoms with Crippen molar-refractivity contribution in [2.24, 2.45) is 5.92 Å². The number of hydrogen-bond acceptors (Lipinski definition) is 4. The molecule has 0 radical (unpaired) electrons. The van der Waals surface area contributed by atoms with Gasteiger partial charge in [0.1, 0.15) is 5.60 Å². The van der Waals surface area contributed by atoms with Gasteiger partial charge in [0.25, 0.3) is 0 Å². The van der Waals surface area contributed by atoms with Crippen LogP contribution in [-0.4, -0.2) is 55.5 Å². The minimum atomic E-state index is -0.413. The number of likely N-dealkylation sites (tertiary alicyclic amines) is 1. The van der Waals surface area contributed by atoms with Crippen LogP contribution in [0.15, 0.2) is 0 Å². The van der Waals surface area contributed by atoms with Crippen LogP contribution >= 0.6 is 0 Å². The van der Waals surface area contributed by atoms with E-state index in [-0.39, 0.29) is 6.09 Å². The largest absolute Gasteiger partial charge is 0.444 e. The van der Waals surface area contributed by atoms with E-state index in [0.717, 1.165) is 52.1 Å². The van der Waals surface area contributed by atoms with Gasteiger partial charge < -0.3 is 19.7 Å². The molecule has 0 saturated carbocycles. The Labute approximate surface area is 128 Å². The summed E-state index contributed by atoms with van der Waals surface area (Å²) < 4.78 is 10.9. The summed E-state index contributed by atoms with van der Waals surface area (Å²) in [7, 11) is 0. The van der Waals surface area contributed by atoms with Crippen molar-refractivity contribution in [2.75, 3.05) is 32.8 Å². The second-order valence-electron chi connectivity index (χ2n) is 7.23. The van der Waals surface area contributed by atoms with Gasteiger partial charge in [-0.05, 0) is 52.4 Å². The maximum Gasteiger partial charge on any atom is 0.410 e. The van der Waals surface area contributed by atoms with E-state index in [4.69, 9.17) is 9.47 Å². The zero-order valence-corrected chi connectivity index (χ0v) is 13.7. The number of amides is 1. The zero-order valence-electron chi connectivity index (χ0n) is 13.7. The summed E-state index contributed by atoms with van der Waals surface area (Å²) in [5.41, 5.74) is -0.413. The van der Waals surface area contributed by atoms with Crippen molar-refractivity contribution in [2.45, 2.75) is 58.1 Å². The van der Waals surface area contributed by atoms with Crippen molar-refractivity contribution in [3.05, 3.63) is 0 Å². The Morgan fingerprint density at radius 3 is 2.76 bits per heavy atom. The van der Waals surface area contributed by atoms with Crippen molar-refractivity contribution >= 4 is 6.09 Å². The van der Waals surface area contributed by atoms with Gasteiger partial charge in [0.2, 0.25) is 0 Å². The lowest BCUT2D eigenvalue weighted by molar-refractivity contribution is 0.0256. The first-order valence-corrected chi connectivity index (χ1v) is 8.23. The van der Waals surface area contributed by atoms with Gasteiger partial charge in [-0.25, -0.2) is 4.79 Å². The fourth-order valence-electron chi connectivity index (χ4n) is 2.89. The Morgan fingerprint density at radius 1 is 1.29 bits per heavy atom. The molecule has 2 unspecified atom stereocenters. The highest BCUT2D eigenvalue weighted by atomic mass is 16.6. The van der Waals surface area contributed by atoms with Gasteiger partial charge in [-0.2, -0.15) is 0 Å². The van der Waals surface area contributed by atoms with Gasteiger partial charge in [-0.3, -0.25) is 0 Å². The third-order valence-corrected chi connectivity index (χ3v) is 4.10. The highest BCUT2D eigenvalue weighted by Crippen LogP contribution is 2.17. The minimum Gasteiger partial charge on any atom is -0.444 e. The highest BCUT2D eigenvalue weighted by molar-refractivity contribution is 5.68. The lowest BCUT2D eigenvalue weighted by atomic mass is 10.1. The van der Waals surface area contributed by atoms with Crippen LogP contribution in [0, 0.1) is 5.92 Å². The molecule has 5 nitrogen and oxygen atoms in total. The molecule has 0 spiro atoms. The summed E-state index contributed by atoms with van der Waals surface area (Å²) >= 11 is 0. The lowest BCUT2D eigenvalue weighted by Gasteiger charge is -2.26. The molecular weight excluding hydrogens is 268 g/mol. The highest BCUT2D eigenvalue weighted by Gasteiger charge is 2.25. The van der Waals surface area contributed by atoms with E-state index in [0.29, 0.717) is 12.0 Å². The standard InChI is InChI=1S/C16H30N2O3/c1-16(2,3)21-15(19)18-8-4-5-14(6-9-18)17-11-13-7-10-20-12-13/h13-14,17H,4-12H2,1-3H3. The molecule has 0 aromatic rings. The fourth-order valence-corrected chi connectivity index (χ4v) is 2.89. The van der Waals surface area contributed by atoms with Crippen LogP contribution in [0.2, 0.25) is 0 Å². The molecule has 2 aliphatic heterocycles. The first-order valence-electron chi connectivity index (χ1n) is 8.23.